The Balaban J connectivity index is 1.18. The fourth-order valence-electron chi connectivity index (χ4n) is 3.84. The molecular formula is C21H26Cl2N6O4. The molecule has 12 heteroatoms. The van der Waals surface area contributed by atoms with Crippen molar-refractivity contribution in [1.82, 2.24) is 30.6 Å². The molecule has 0 spiro atoms. The van der Waals surface area contributed by atoms with Crippen molar-refractivity contribution in [2.75, 3.05) is 39.3 Å². The lowest BCUT2D eigenvalue weighted by Crippen LogP contribution is -2.48. The molecule has 2 saturated heterocycles. The van der Waals surface area contributed by atoms with Gasteiger partial charge >= 0.3 is 6.03 Å². The molecule has 2 aliphatic rings. The first-order valence-corrected chi connectivity index (χ1v) is 11.6. The maximum Gasteiger partial charge on any atom is 0.315 e. The van der Waals surface area contributed by atoms with E-state index < -0.39 is 0 Å². The number of aromatic nitrogens is 2. The van der Waals surface area contributed by atoms with Crippen LogP contribution in [0, 0.1) is 0 Å². The van der Waals surface area contributed by atoms with Gasteiger partial charge in [-0.05, 0) is 30.5 Å². The Hall–Kier alpha value is -2.40. The van der Waals surface area contributed by atoms with E-state index in [1.807, 2.05) is 12.1 Å². The molecule has 0 unspecified atom stereocenters. The predicted octanol–water partition coefficient (Wildman–Crippen LogP) is 2.31. The van der Waals surface area contributed by atoms with Crippen LogP contribution < -0.4 is 10.6 Å². The van der Waals surface area contributed by atoms with Crippen LogP contribution in [0.3, 0.4) is 0 Å². The van der Waals surface area contributed by atoms with Crippen molar-refractivity contribution < 1.29 is 18.8 Å². The first-order valence-electron chi connectivity index (χ1n) is 10.9. The number of halogens is 2. The number of ether oxygens (including phenoxy) is 1. The number of morpholine rings is 1. The molecule has 0 radical (unpaired) electrons. The lowest BCUT2D eigenvalue weighted by Gasteiger charge is -2.33. The van der Waals surface area contributed by atoms with Crippen LogP contribution in [0.15, 0.2) is 22.7 Å². The minimum atomic E-state index is -0.383. The molecule has 1 atom stereocenters. The highest BCUT2D eigenvalue weighted by Crippen LogP contribution is 2.23. The second kappa shape index (κ2) is 11.1. The van der Waals surface area contributed by atoms with Crippen molar-refractivity contribution in [1.29, 1.82) is 0 Å². The van der Waals surface area contributed by atoms with Crippen LogP contribution in [0.4, 0.5) is 4.79 Å². The van der Waals surface area contributed by atoms with Crippen molar-refractivity contribution >= 4 is 35.1 Å². The molecule has 4 rings (SSSR count). The zero-order valence-electron chi connectivity index (χ0n) is 18.1. The predicted molar refractivity (Wildman–Crippen MR) is 121 cm³/mol. The average molecular weight is 497 g/mol. The number of hydrogen-bond acceptors (Lipinski definition) is 7. The summed E-state index contributed by atoms with van der Waals surface area (Å²) in [5.41, 5.74) is 1.07. The summed E-state index contributed by atoms with van der Waals surface area (Å²) in [4.78, 5) is 32.4. The van der Waals surface area contributed by atoms with Gasteiger partial charge in [-0.2, -0.15) is 4.98 Å². The summed E-state index contributed by atoms with van der Waals surface area (Å²) in [5.74, 6) is -0.0481. The lowest BCUT2D eigenvalue weighted by atomic mass is 10.2. The third-order valence-electron chi connectivity index (χ3n) is 5.56. The minimum absolute atomic E-state index is 0.0202. The van der Waals surface area contributed by atoms with Gasteiger partial charge in [-0.25, -0.2) is 4.79 Å². The molecule has 2 aromatic rings. The van der Waals surface area contributed by atoms with Crippen LogP contribution in [-0.2, 0) is 17.8 Å². The van der Waals surface area contributed by atoms with E-state index >= 15 is 0 Å². The number of carbonyl (C=O) groups excluding carboxylic acids is 2. The van der Waals surface area contributed by atoms with Crippen molar-refractivity contribution in [3.63, 3.8) is 0 Å². The van der Waals surface area contributed by atoms with Crippen LogP contribution in [0.1, 0.15) is 34.9 Å². The standard InChI is InChI=1S/C21H26Cl2N6O4/c22-16-4-3-14(9-17(16)23)12-28-7-8-32-15(13-28)10-24-21(31)25-11-18-26-19(27-33-18)20(30)29-5-1-2-6-29/h3-4,9,15H,1-2,5-8,10-13H2,(H2,24,25,31)/t15-/m0/s1. The van der Waals surface area contributed by atoms with E-state index in [4.69, 9.17) is 32.5 Å². The van der Waals surface area contributed by atoms with Crippen molar-refractivity contribution in [3.05, 3.63) is 45.5 Å². The molecule has 1 aromatic heterocycles. The summed E-state index contributed by atoms with van der Waals surface area (Å²) in [6.45, 7) is 4.55. The van der Waals surface area contributed by atoms with Crippen LogP contribution in [-0.4, -0.2) is 77.3 Å². The number of nitrogens with zero attached hydrogens (tertiary/aromatic N) is 4. The third kappa shape index (κ3) is 6.57. The van der Waals surface area contributed by atoms with Gasteiger partial charge in [0.1, 0.15) is 0 Å². The average Bonchev–Trinajstić information content (AvgIpc) is 3.51. The summed E-state index contributed by atoms with van der Waals surface area (Å²) < 4.78 is 10.8. The molecule has 0 bridgehead atoms. The zero-order valence-corrected chi connectivity index (χ0v) is 19.6. The largest absolute Gasteiger partial charge is 0.374 e. The molecule has 2 fully saturated rings. The van der Waals surface area contributed by atoms with Gasteiger partial charge in [0.2, 0.25) is 5.89 Å². The zero-order chi connectivity index (χ0) is 23.2. The van der Waals surface area contributed by atoms with E-state index in [1.54, 1.807) is 11.0 Å². The SMILES string of the molecule is O=C(NCc1nc(C(=O)N2CCCC2)no1)NC[C@H]1CN(Cc2ccc(Cl)c(Cl)c2)CCO1. The van der Waals surface area contributed by atoms with Gasteiger partial charge in [0.15, 0.2) is 0 Å². The fourth-order valence-corrected chi connectivity index (χ4v) is 4.16. The number of carbonyl (C=O) groups is 2. The van der Waals surface area contributed by atoms with Crippen LogP contribution in [0.25, 0.3) is 0 Å². The molecule has 1 aromatic carbocycles. The Labute approximate surface area is 201 Å². The summed E-state index contributed by atoms with van der Waals surface area (Å²) in [6, 6.07) is 5.22. The quantitative estimate of drug-likeness (QED) is 0.604. The third-order valence-corrected chi connectivity index (χ3v) is 6.30. The monoisotopic (exact) mass is 496 g/mol. The van der Waals surface area contributed by atoms with Gasteiger partial charge in [0.05, 0.1) is 29.3 Å². The molecule has 33 heavy (non-hydrogen) atoms. The Bertz CT molecular complexity index is 981. The fraction of sp³-hybridized carbons (Fsp3) is 0.524. The number of nitrogens with one attached hydrogen (secondary N) is 2. The van der Waals surface area contributed by atoms with Crippen LogP contribution in [0.2, 0.25) is 10.0 Å². The first-order chi connectivity index (χ1) is 16.0. The number of hydrogen-bond donors (Lipinski definition) is 2. The molecule has 3 heterocycles. The van der Waals surface area contributed by atoms with Gasteiger partial charge in [0, 0.05) is 39.3 Å². The maximum atomic E-state index is 12.3. The Kier molecular flexibility index (Phi) is 8.02. The highest BCUT2D eigenvalue weighted by atomic mass is 35.5. The normalized spacial score (nSPS) is 19.0. The minimum Gasteiger partial charge on any atom is -0.374 e. The molecule has 178 valence electrons. The summed E-state index contributed by atoms with van der Waals surface area (Å²) in [5, 5.41) is 10.2. The number of likely N-dealkylation sites (tertiary alicyclic amines) is 1. The van der Waals surface area contributed by atoms with Crippen molar-refractivity contribution in [2.45, 2.75) is 32.0 Å². The van der Waals surface area contributed by atoms with Gasteiger partial charge in [-0.3, -0.25) is 9.69 Å². The highest BCUT2D eigenvalue weighted by Gasteiger charge is 2.24. The van der Waals surface area contributed by atoms with E-state index in [0.717, 1.165) is 31.5 Å². The number of amides is 3. The topological polar surface area (TPSA) is 113 Å². The Morgan fingerprint density at radius 3 is 2.73 bits per heavy atom. The van der Waals surface area contributed by atoms with E-state index in [9.17, 15) is 9.59 Å². The van der Waals surface area contributed by atoms with E-state index in [2.05, 4.69) is 25.7 Å². The number of rotatable bonds is 7. The first kappa shape index (κ1) is 23.7. The molecule has 3 amide bonds. The summed E-state index contributed by atoms with van der Waals surface area (Å²) in [6.07, 6.45) is 1.83. The maximum absolute atomic E-state index is 12.3. The molecular weight excluding hydrogens is 471 g/mol. The van der Waals surface area contributed by atoms with Crippen LogP contribution >= 0.6 is 23.2 Å². The Morgan fingerprint density at radius 2 is 1.94 bits per heavy atom. The highest BCUT2D eigenvalue weighted by molar-refractivity contribution is 6.42. The van der Waals surface area contributed by atoms with Crippen molar-refractivity contribution in [3.8, 4) is 0 Å². The number of benzene rings is 1. The van der Waals surface area contributed by atoms with Gasteiger partial charge in [-0.15, -0.1) is 0 Å². The van der Waals surface area contributed by atoms with Gasteiger partial charge in [0.25, 0.3) is 11.7 Å². The summed E-state index contributed by atoms with van der Waals surface area (Å²) in [7, 11) is 0. The second-order valence-corrected chi connectivity index (χ2v) is 8.87. The van der Waals surface area contributed by atoms with E-state index in [-0.39, 0.29) is 36.3 Å². The lowest BCUT2D eigenvalue weighted by molar-refractivity contribution is -0.0287. The molecule has 0 saturated carbocycles. The smallest absolute Gasteiger partial charge is 0.315 e. The summed E-state index contributed by atoms with van der Waals surface area (Å²) >= 11 is 12.1. The molecule has 0 aliphatic carbocycles. The molecule has 2 aliphatic heterocycles. The van der Waals surface area contributed by atoms with Gasteiger partial charge < -0.3 is 24.8 Å². The number of urea groups is 1. The Morgan fingerprint density at radius 1 is 1.12 bits per heavy atom. The molecule has 2 N–H and O–H groups in total. The van der Waals surface area contributed by atoms with Crippen LogP contribution in [0.5, 0.6) is 0 Å². The molecule has 10 nitrogen and oxygen atoms in total. The van der Waals surface area contributed by atoms with Crippen molar-refractivity contribution in [2.24, 2.45) is 0 Å². The van der Waals surface area contributed by atoms with Gasteiger partial charge in [-0.1, -0.05) is 34.4 Å². The van der Waals surface area contributed by atoms with E-state index in [1.165, 1.54) is 0 Å². The van der Waals surface area contributed by atoms with E-state index in [0.29, 0.717) is 42.8 Å². The second-order valence-electron chi connectivity index (χ2n) is 8.05.